The number of hydrogen-bond acceptors (Lipinski definition) is 3. The Labute approximate surface area is 72.3 Å². The molecule has 0 atom stereocenters. The zero-order valence-corrected chi connectivity index (χ0v) is 7.58. The number of aromatic nitrogens is 2. The van der Waals surface area contributed by atoms with Crippen LogP contribution in [0.4, 0.5) is 0 Å². The second kappa shape index (κ2) is 4.23. The standard InChI is InChI=1S/C8H15N3O/c1-7-8(5-9)6-10-11(7)3-4-12-2/h6H,3-5,9H2,1-2H3. The van der Waals surface area contributed by atoms with Gasteiger partial charge < -0.3 is 10.5 Å². The van der Waals surface area contributed by atoms with E-state index in [-0.39, 0.29) is 0 Å². The van der Waals surface area contributed by atoms with Crippen LogP contribution in [0, 0.1) is 6.92 Å². The van der Waals surface area contributed by atoms with E-state index in [1.54, 1.807) is 7.11 Å². The Balaban J connectivity index is 2.66. The van der Waals surface area contributed by atoms with Gasteiger partial charge in [0.25, 0.3) is 0 Å². The van der Waals surface area contributed by atoms with Gasteiger partial charge in [-0.3, -0.25) is 4.68 Å². The SMILES string of the molecule is COCCn1ncc(CN)c1C. The van der Waals surface area contributed by atoms with E-state index in [1.165, 1.54) is 0 Å². The summed E-state index contributed by atoms with van der Waals surface area (Å²) >= 11 is 0. The zero-order valence-electron chi connectivity index (χ0n) is 7.58. The lowest BCUT2D eigenvalue weighted by Gasteiger charge is -2.03. The molecule has 0 spiro atoms. The molecular formula is C8H15N3O. The average Bonchev–Trinajstić information content (AvgIpc) is 2.43. The Morgan fingerprint density at radius 1 is 1.67 bits per heavy atom. The predicted molar refractivity (Wildman–Crippen MR) is 46.7 cm³/mol. The van der Waals surface area contributed by atoms with E-state index in [9.17, 15) is 0 Å². The van der Waals surface area contributed by atoms with Crippen LogP contribution in [0.15, 0.2) is 6.20 Å². The summed E-state index contributed by atoms with van der Waals surface area (Å²) in [4.78, 5) is 0. The molecule has 0 fully saturated rings. The van der Waals surface area contributed by atoms with Crippen LogP contribution >= 0.6 is 0 Å². The van der Waals surface area contributed by atoms with Crippen molar-refractivity contribution in [2.75, 3.05) is 13.7 Å². The van der Waals surface area contributed by atoms with Crippen molar-refractivity contribution in [1.82, 2.24) is 9.78 Å². The lowest BCUT2D eigenvalue weighted by atomic mass is 10.3. The summed E-state index contributed by atoms with van der Waals surface area (Å²) in [5.41, 5.74) is 7.74. The first-order valence-corrected chi connectivity index (χ1v) is 4.00. The number of ether oxygens (including phenoxy) is 1. The molecule has 1 aromatic rings. The number of hydrogen-bond donors (Lipinski definition) is 1. The molecule has 0 aliphatic heterocycles. The molecule has 0 saturated heterocycles. The molecule has 0 bridgehead atoms. The molecule has 0 amide bonds. The second-order valence-electron chi connectivity index (χ2n) is 2.68. The molecule has 2 N–H and O–H groups in total. The lowest BCUT2D eigenvalue weighted by Crippen LogP contribution is -2.08. The third-order valence-corrected chi connectivity index (χ3v) is 1.93. The fourth-order valence-corrected chi connectivity index (χ4v) is 1.09. The summed E-state index contributed by atoms with van der Waals surface area (Å²) in [5, 5.41) is 4.18. The molecule has 0 unspecified atom stereocenters. The van der Waals surface area contributed by atoms with Gasteiger partial charge in [0.05, 0.1) is 19.3 Å². The van der Waals surface area contributed by atoms with Crippen molar-refractivity contribution in [3.05, 3.63) is 17.5 Å². The fourth-order valence-electron chi connectivity index (χ4n) is 1.09. The molecule has 4 heteroatoms. The van der Waals surface area contributed by atoms with Gasteiger partial charge in [-0.05, 0) is 6.92 Å². The van der Waals surface area contributed by atoms with Gasteiger partial charge in [-0.25, -0.2) is 0 Å². The lowest BCUT2D eigenvalue weighted by molar-refractivity contribution is 0.183. The van der Waals surface area contributed by atoms with Crippen molar-refractivity contribution < 1.29 is 4.74 Å². The van der Waals surface area contributed by atoms with E-state index in [1.807, 2.05) is 17.8 Å². The van der Waals surface area contributed by atoms with Gasteiger partial charge in [-0.15, -0.1) is 0 Å². The maximum Gasteiger partial charge on any atom is 0.0658 e. The topological polar surface area (TPSA) is 53.1 Å². The third kappa shape index (κ3) is 1.84. The minimum atomic E-state index is 0.554. The molecule has 4 nitrogen and oxygen atoms in total. The van der Waals surface area contributed by atoms with Crippen LogP contribution < -0.4 is 5.73 Å². The summed E-state index contributed by atoms with van der Waals surface area (Å²) in [7, 11) is 1.68. The van der Waals surface area contributed by atoms with Crippen molar-refractivity contribution in [2.24, 2.45) is 5.73 Å². The van der Waals surface area contributed by atoms with Crippen molar-refractivity contribution in [3.8, 4) is 0 Å². The molecule has 0 aliphatic carbocycles. The highest BCUT2D eigenvalue weighted by Crippen LogP contribution is 2.05. The van der Waals surface area contributed by atoms with Crippen LogP contribution in [-0.2, 0) is 17.8 Å². The van der Waals surface area contributed by atoms with Crippen LogP contribution in [0.25, 0.3) is 0 Å². The van der Waals surface area contributed by atoms with Crippen molar-refractivity contribution in [3.63, 3.8) is 0 Å². The van der Waals surface area contributed by atoms with Gasteiger partial charge >= 0.3 is 0 Å². The molecule has 12 heavy (non-hydrogen) atoms. The average molecular weight is 169 g/mol. The van der Waals surface area contributed by atoms with Gasteiger partial charge in [-0.1, -0.05) is 0 Å². The van der Waals surface area contributed by atoms with E-state index in [0.717, 1.165) is 17.8 Å². The maximum absolute atomic E-state index is 5.51. The molecule has 0 radical (unpaired) electrons. The first-order valence-electron chi connectivity index (χ1n) is 4.00. The molecule has 1 rings (SSSR count). The van der Waals surface area contributed by atoms with Gasteiger partial charge in [0.15, 0.2) is 0 Å². The first kappa shape index (κ1) is 9.22. The van der Waals surface area contributed by atoms with Gasteiger partial charge in [-0.2, -0.15) is 5.10 Å². The van der Waals surface area contributed by atoms with Gasteiger partial charge in [0.1, 0.15) is 0 Å². The van der Waals surface area contributed by atoms with Gasteiger partial charge in [0.2, 0.25) is 0 Å². The highest BCUT2D eigenvalue weighted by Gasteiger charge is 2.02. The predicted octanol–water partition coefficient (Wildman–Crippen LogP) is 0.297. The first-order chi connectivity index (χ1) is 5.79. The van der Waals surface area contributed by atoms with E-state index in [0.29, 0.717) is 13.2 Å². The Morgan fingerprint density at radius 2 is 2.42 bits per heavy atom. The summed E-state index contributed by atoms with van der Waals surface area (Å²) in [5.74, 6) is 0. The van der Waals surface area contributed by atoms with Crippen molar-refractivity contribution in [2.45, 2.75) is 20.0 Å². The molecule has 1 aromatic heterocycles. The van der Waals surface area contributed by atoms with Crippen LogP contribution in [0.2, 0.25) is 0 Å². The number of methoxy groups -OCH3 is 1. The van der Waals surface area contributed by atoms with E-state index >= 15 is 0 Å². The Hall–Kier alpha value is -0.870. The van der Waals surface area contributed by atoms with Crippen LogP contribution in [0.3, 0.4) is 0 Å². The van der Waals surface area contributed by atoms with E-state index < -0.39 is 0 Å². The monoisotopic (exact) mass is 169 g/mol. The Morgan fingerprint density at radius 3 is 2.92 bits per heavy atom. The van der Waals surface area contributed by atoms with Gasteiger partial charge in [0, 0.05) is 24.9 Å². The van der Waals surface area contributed by atoms with Crippen LogP contribution in [-0.4, -0.2) is 23.5 Å². The van der Waals surface area contributed by atoms with Crippen molar-refractivity contribution in [1.29, 1.82) is 0 Å². The Bertz CT molecular complexity index is 244. The highest BCUT2D eigenvalue weighted by atomic mass is 16.5. The smallest absolute Gasteiger partial charge is 0.0658 e. The summed E-state index contributed by atoms with van der Waals surface area (Å²) < 4.78 is 6.86. The molecule has 0 aliphatic rings. The van der Waals surface area contributed by atoms with Crippen molar-refractivity contribution >= 4 is 0 Å². The number of rotatable bonds is 4. The minimum Gasteiger partial charge on any atom is -0.383 e. The minimum absolute atomic E-state index is 0.554. The normalized spacial score (nSPS) is 10.6. The summed E-state index contributed by atoms with van der Waals surface area (Å²) in [6.07, 6.45) is 1.81. The third-order valence-electron chi connectivity index (χ3n) is 1.93. The molecule has 1 heterocycles. The quantitative estimate of drug-likeness (QED) is 0.705. The summed E-state index contributed by atoms with van der Waals surface area (Å²) in [6, 6.07) is 0. The number of nitrogens with two attached hydrogens (primary N) is 1. The van der Waals surface area contributed by atoms with Crippen LogP contribution in [0.1, 0.15) is 11.3 Å². The molecular weight excluding hydrogens is 154 g/mol. The molecule has 68 valence electrons. The summed E-state index contributed by atoms with van der Waals surface area (Å²) in [6.45, 7) is 4.05. The largest absolute Gasteiger partial charge is 0.383 e. The van der Waals surface area contributed by atoms with E-state index in [2.05, 4.69) is 5.10 Å². The molecule has 0 saturated carbocycles. The van der Waals surface area contributed by atoms with Crippen LogP contribution in [0.5, 0.6) is 0 Å². The second-order valence-corrected chi connectivity index (χ2v) is 2.68. The maximum atomic E-state index is 5.51. The fraction of sp³-hybridized carbons (Fsp3) is 0.625. The Kier molecular flexibility index (Phi) is 3.25. The zero-order chi connectivity index (χ0) is 8.97. The molecule has 0 aromatic carbocycles. The number of nitrogens with zero attached hydrogens (tertiary/aromatic N) is 2. The highest BCUT2D eigenvalue weighted by molar-refractivity contribution is 5.15. The van der Waals surface area contributed by atoms with E-state index in [4.69, 9.17) is 10.5 Å².